The number of methoxy groups -OCH3 is 1. The lowest BCUT2D eigenvalue weighted by molar-refractivity contribution is -0.141. The van der Waals surface area contributed by atoms with E-state index in [-0.39, 0.29) is 33.6 Å². The van der Waals surface area contributed by atoms with E-state index >= 15 is 0 Å². The van der Waals surface area contributed by atoms with Crippen LogP contribution >= 0.6 is 15.9 Å². The number of amides is 1. The number of aromatic nitrogens is 2. The molecule has 0 bridgehead atoms. The van der Waals surface area contributed by atoms with Gasteiger partial charge >= 0.3 is 6.18 Å². The van der Waals surface area contributed by atoms with Gasteiger partial charge in [0.05, 0.1) is 24.2 Å². The molecule has 1 amide bonds. The molecule has 0 aliphatic carbocycles. The number of nitrogens with zero attached hydrogens (tertiary/aromatic N) is 2. The molecular weight excluding hydrogens is 577 g/mol. The minimum Gasteiger partial charge on any atom is -0.496 e. The van der Waals surface area contributed by atoms with Crippen LogP contribution in [-0.2, 0) is 20.8 Å². The fourth-order valence-corrected chi connectivity index (χ4v) is 4.77. The van der Waals surface area contributed by atoms with Crippen molar-refractivity contribution in [3.05, 3.63) is 64.3 Å². The Hall–Kier alpha value is -3.13. The Morgan fingerprint density at radius 1 is 1.11 bits per heavy atom. The highest BCUT2D eigenvalue weighted by atomic mass is 79.9. The summed E-state index contributed by atoms with van der Waals surface area (Å²) in [6.45, 7) is 0. The molecule has 1 heterocycles. The second-order valence-electron chi connectivity index (χ2n) is 7.33. The number of anilines is 1. The Balaban J connectivity index is 1.82. The maximum atomic E-state index is 13.9. The van der Waals surface area contributed by atoms with Gasteiger partial charge in [0.25, 0.3) is 0 Å². The van der Waals surface area contributed by atoms with E-state index in [1.54, 1.807) is 6.07 Å². The molecule has 0 saturated carbocycles. The molecule has 1 N–H and O–H groups in total. The molecule has 2 aromatic carbocycles. The predicted molar refractivity (Wildman–Crippen MR) is 123 cm³/mol. The number of sulfone groups is 1. The van der Waals surface area contributed by atoms with Gasteiger partial charge in [-0.2, -0.15) is 13.2 Å². The summed E-state index contributed by atoms with van der Waals surface area (Å²) >= 11 is 2.91. The Bertz CT molecular complexity index is 1380. The fraction of sp³-hybridized carbons (Fsp3) is 0.227. The first-order valence-electron chi connectivity index (χ1n) is 10.1. The molecule has 0 aliphatic rings. The summed E-state index contributed by atoms with van der Waals surface area (Å²) in [6.07, 6.45) is -5.73. The summed E-state index contributed by atoms with van der Waals surface area (Å²) in [5.41, 5.74) is -2.00. The number of para-hydroxylation sites is 1. The second kappa shape index (κ2) is 10.9. The zero-order chi connectivity index (χ0) is 26.7. The number of halogens is 6. The summed E-state index contributed by atoms with van der Waals surface area (Å²) in [7, 11) is -3.16. The van der Waals surface area contributed by atoms with Crippen LogP contribution in [0.3, 0.4) is 0 Å². The third-order valence-electron chi connectivity index (χ3n) is 4.75. The van der Waals surface area contributed by atoms with Gasteiger partial charge in [0.15, 0.2) is 5.82 Å². The van der Waals surface area contributed by atoms with Crippen molar-refractivity contribution in [2.75, 3.05) is 18.2 Å². The average Bonchev–Trinajstić information content (AvgIpc) is 2.80. The highest BCUT2D eigenvalue weighted by Gasteiger charge is 2.35. The number of ether oxygens (including phenoxy) is 1. The number of hydrogen-bond donors (Lipinski definition) is 1. The van der Waals surface area contributed by atoms with Gasteiger partial charge in [0, 0.05) is 22.5 Å². The molecule has 0 aliphatic heterocycles. The van der Waals surface area contributed by atoms with Gasteiger partial charge in [0.2, 0.25) is 20.9 Å². The topological polar surface area (TPSA) is 98.2 Å². The quantitative estimate of drug-likeness (QED) is 0.277. The van der Waals surface area contributed by atoms with Crippen LogP contribution in [0.15, 0.2) is 52.1 Å². The highest BCUT2D eigenvalue weighted by molar-refractivity contribution is 9.10. The van der Waals surface area contributed by atoms with Crippen molar-refractivity contribution in [1.29, 1.82) is 0 Å². The van der Waals surface area contributed by atoms with Crippen molar-refractivity contribution in [2.24, 2.45) is 0 Å². The number of nitrogens with one attached hydrogen (secondary N) is 1. The number of carbonyl (C=O) groups is 1. The van der Waals surface area contributed by atoms with E-state index in [1.165, 1.54) is 25.3 Å². The predicted octanol–water partition coefficient (Wildman–Crippen LogP) is 5.40. The third kappa shape index (κ3) is 6.55. The minimum atomic E-state index is -4.96. The smallest absolute Gasteiger partial charge is 0.433 e. The lowest BCUT2D eigenvalue weighted by Gasteiger charge is -2.13. The Morgan fingerprint density at radius 3 is 2.44 bits per heavy atom. The molecule has 3 aromatic rings. The maximum absolute atomic E-state index is 13.9. The number of hydrogen-bond acceptors (Lipinski definition) is 6. The van der Waals surface area contributed by atoms with E-state index in [4.69, 9.17) is 4.74 Å². The van der Waals surface area contributed by atoms with Crippen LogP contribution < -0.4 is 10.1 Å². The monoisotopic (exact) mass is 593 g/mol. The second-order valence-corrected chi connectivity index (χ2v) is 10.2. The van der Waals surface area contributed by atoms with Gasteiger partial charge < -0.3 is 10.1 Å². The van der Waals surface area contributed by atoms with Gasteiger partial charge in [-0.1, -0.05) is 12.1 Å². The molecule has 1 aromatic heterocycles. The summed E-state index contributed by atoms with van der Waals surface area (Å²) in [5.74, 6) is -3.32. The molecule has 0 fully saturated rings. The van der Waals surface area contributed by atoms with Gasteiger partial charge in [-0.05, 0) is 46.6 Å². The fourth-order valence-electron chi connectivity index (χ4n) is 3.08. The lowest BCUT2D eigenvalue weighted by atomic mass is 10.1. The molecule has 7 nitrogen and oxygen atoms in total. The molecule has 14 heteroatoms. The third-order valence-corrected chi connectivity index (χ3v) is 6.94. The number of alkyl halides is 3. The van der Waals surface area contributed by atoms with Gasteiger partial charge in [-0.25, -0.2) is 27.2 Å². The molecule has 0 unspecified atom stereocenters. The van der Waals surface area contributed by atoms with E-state index in [0.717, 1.165) is 6.07 Å². The number of benzene rings is 2. The zero-order valence-electron chi connectivity index (χ0n) is 18.4. The zero-order valence-corrected chi connectivity index (χ0v) is 20.8. The van der Waals surface area contributed by atoms with E-state index < -0.39 is 56.6 Å². The van der Waals surface area contributed by atoms with E-state index in [1.807, 2.05) is 0 Å². The van der Waals surface area contributed by atoms with Crippen molar-refractivity contribution in [1.82, 2.24) is 9.97 Å². The van der Waals surface area contributed by atoms with Crippen LogP contribution in [-0.4, -0.2) is 37.2 Å². The first kappa shape index (κ1) is 27.5. The molecule has 0 spiro atoms. The van der Waals surface area contributed by atoms with Crippen LogP contribution in [0.25, 0.3) is 11.3 Å². The van der Waals surface area contributed by atoms with E-state index in [9.17, 15) is 35.2 Å². The van der Waals surface area contributed by atoms with Crippen molar-refractivity contribution in [2.45, 2.75) is 24.2 Å². The molecule has 36 heavy (non-hydrogen) atoms. The number of carbonyl (C=O) groups excluding carboxylic acids is 1. The van der Waals surface area contributed by atoms with Gasteiger partial charge in [-0.15, -0.1) is 0 Å². The van der Waals surface area contributed by atoms with Crippen LogP contribution in [0.1, 0.15) is 18.5 Å². The first-order valence-corrected chi connectivity index (χ1v) is 12.5. The largest absolute Gasteiger partial charge is 0.496 e. The molecular formula is C22H17BrF5N3O4S. The van der Waals surface area contributed by atoms with E-state index in [0.29, 0.717) is 12.1 Å². The van der Waals surface area contributed by atoms with Crippen molar-refractivity contribution in [3.8, 4) is 17.0 Å². The summed E-state index contributed by atoms with van der Waals surface area (Å²) < 4.78 is 98.0. The SMILES string of the molecule is COc1ccccc1-c1cc(C(F)(F)F)nc(S(=O)(=O)CCCC(=O)Nc2c(F)cc(F)cc2Br)n1. The van der Waals surface area contributed by atoms with Crippen LogP contribution in [0.4, 0.5) is 27.6 Å². The Kier molecular flexibility index (Phi) is 8.29. The maximum Gasteiger partial charge on any atom is 0.433 e. The summed E-state index contributed by atoms with van der Waals surface area (Å²) in [6, 6.07) is 8.06. The molecule has 192 valence electrons. The van der Waals surface area contributed by atoms with Gasteiger partial charge in [-0.3, -0.25) is 4.79 Å². The van der Waals surface area contributed by atoms with Crippen molar-refractivity contribution >= 4 is 37.4 Å². The minimum absolute atomic E-state index is 0.0674. The Labute approximate surface area is 210 Å². The van der Waals surface area contributed by atoms with Crippen LogP contribution in [0.2, 0.25) is 0 Å². The van der Waals surface area contributed by atoms with E-state index in [2.05, 4.69) is 31.2 Å². The van der Waals surface area contributed by atoms with Crippen molar-refractivity contribution < 1.29 is 39.9 Å². The number of rotatable bonds is 8. The molecule has 0 radical (unpaired) electrons. The van der Waals surface area contributed by atoms with Crippen LogP contribution in [0.5, 0.6) is 5.75 Å². The normalized spacial score (nSPS) is 11.9. The first-order chi connectivity index (χ1) is 16.8. The van der Waals surface area contributed by atoms with Crippen molar-refractivity contribution in [3.63, 3.8) is 0 Å². The highest BCUT2D eigenvalue weighted by Crippen LogP contribution is 2.34. The molecule has 3 rings (SSSR count). The molecule has 0 saturated heterocycles. The van der Waals surface area contributed by atoms with Gasteiger partial charge in [0.1, 0.15) is 17.3 Å². The average molecular weight is 594 g/mol. The Morgan fingerprint density at radius 2 is 1.81 bits per heavy atom. The molecule has 0 atom stereocenters. The summed E-state index contributed by atoms with van der Waals surface area (Å²) in [4.78, 5) is 19.2. The standard InChI is InChI=1S/C22H17BrF5N3O4S/c1-35-17-6-3-2-5-13(17)16-11-18(22(26,27)28)30-21(29-16)36(33,34)8-4-7-19(32)31-20-14(23)9-12(24)10-15(20)25/h2-3,5-6,9-11H,4,7-8H2,1H3,(H,31,32). The van der Waals surface area contributed by atoms with Crippen LogP contribution in [0, 0.1) is 11.6 Å². The lowest BCUT2D eigenvalue weighted by Crippen LogP contribution is -2.18. The summed E-state index contributed by atoms with van der Waals surface area (Å²) in [5, 5.41) is 1.12.